The van der Waals surface area contributed by atoms with Gasteiger partial charge in [0.1, 0.15) is 0 Å². The molecule has 124 valence electrons. The second kappa shape index (κ2) is 5.93. The SMILES string of the molecule is [2H]c1c([2H])c([2H])c(-c2nc(Cl)nc(-c3cccc4c3[nH]c3ccccc34)n2)c([2H])c1[2H]. The van der Waals surface area contributed by atoms with Crippen LogP contribution < -0.4 is 0 Å². The van der Waals surface area contributed by atoms with Crippen molar-refractivity contribution in [1.29, 1.82) is 0 Å². The summed E-state index contributed by atoms with van der Waals surface area (Å²) in [5, 5.41) is 1.89. The number of H-pyrrole nitrogens is 1. The molecule has 5 rings (SSSR count). The van der Waals surface area contributed by atoms with E-state index < -0.39 is 30.2 Å². The van der Waals surface area contributed by atoms with Crippen molar-refractivity contribution in [3.63, 3.8) is 0 Å². The van der Waals surface area contributed by atoms with Crippen LogP contribution in [0.25, 0.3) is 44.6 Å². The fourth-order valence-corrected chi connectivity index (χ4v) is 3.16. The first-order chi connectivity index (χ1) is 14.9. The fraction of sp³-hybridized carbons (Fsp3) is 0. The summed E-state index contributed by atoms with van der Waals surface area (Å²) in [5.41, 5.74) is 2.29. The van der Waals surface area contributed by atoms with E-state index in [2.05, 4.69) is 19.9 Å². The number of aromatic nitrogens is 4. The molecule has 0 atom stereocenters. The summed E-state index contributed by atoms with van der Waals surface area (Å²) in [6.45, 7) is 0. The van der Waals surface area contributed by atoms with Gasteiger partial charge in [-0.05, 0) is 23.7 Å². The van der Waals surface area contributed by atoms with Crippen molar-refractivity contribution < 1.29 is 6.85 Å². The molecule has 0 spiro atoms. The molecule has 0 aliphatic heterocycles. The number of halogens is 1. The maximum absolute atomic E-state index is 8.20. The number of hydrogen-bond donors (Lipinski definition) is 1. The average Bonchev–Trinajstić information content (AvgIpc) is 3.15. The maximum atomic E-state index is 8.20. The number of hydrogen-bond acceptors (Lipinski definition) is 3. The Balaban J connectivity index is 1.79. The Bertz CT molecular complexity index is 1490. The van der Waals surface area contributed by atoms with Crippen molar-refractivity contribution in [2.45, 2.75) is 0 Å². The van der Waals surface area contributed by atoms with E-state index in [0.717, 1.165) is 21.8 Å². The molecule has 0 radical (unpaired) electrons. The van der Waals surface area contributed by atoms with Crippen LogP contribution >= 0.6 is 11.6 Å². The van der Waals surface area contributed by atoms with Crippen LogP contribution in [0, 0.1) is 0 Å². The van der Waals surface area contributed by atoms with Crippen molar-refractivity contribution in [2.24, 2.45) is 0 Å². The summed E-state index contributed by atoms with van der Waals surface area (Å²) in [6.07, 6.45) is 0. The van der Waals surface area contributed by atoms with Crippen LogP contribution in [0.1, 0.15) is 6.85 Å². The molecule has 0 amide bonds. The Morgan fingerprint density at radius 1 is 0.808 bits per heavy atom. The summed E-state index contributed by atoms with van der Waals surface area (Å²) < 4.78 is 40.0. The number of benzene rings is 3. The number of para-hydroxylation sites is 2. The van der Waals surface area contributed by atoms with Crippen LogP contribution in [-0.4, -0.2) is 19.9 Å². The molecular weight excluding hydrogens is 344 g/mol. The third-order valence-electron chi connectivity index (χ3n) is 4.11. The highest BCUT2D eigenvalue weighted by molar-refractivity contribution is 6.28. The number of nitrogens with zero attached hydrogens (tertiary/aromatic N) is 3. The lowest BCUT2D eigenvalue weighted by molar-refractivity contribution is 1.07. The Morgan fingerprint density at radius 3 is 2.46 bits per heavy atom. The van der Waals surface area contributed by atoms with E-state index in [1.165, 1.54) is 0 Å². The average molecular weight is 362 g/mol. The number of aromatic amines is 1. The van der Waals surface area contributed by atoms with E-state index in [4.69, 9.17) is 18.5 Å². The molecule has 0 bridgehead atoms. The number of nitrogens with one attached hydrogen (secondary N) is 1. The van der Waals surface area contributed by atoms with Gasteiger partial charge < -0.3 is 4.98 Å². The van der Waals surface area contributed by atoms with Gasteiger partial charge in [-0.3, -0.25) is 0 Å². The first kappa shape index (κ1) is 10.7. The predicted molar refractivity (Wildman–Crippen MR) is 105 cm³/mol. The predicted octanol–water partition coefficient (Wildman–Crippen LogP) is 5.49. The van der Waals surface area contributed by atoms with E-state index in [1.54, 1.807) is 0 Å². The van der Waals surface area contributed by atoms with Gasteiger partial charge in [0.05, 0.1) is 12.4 Å². The van der Waals surface area contributed by atoms with Gasteiger partial charge in [-0.15, -0.1) is 0 Å². The van der Waals surface area contributed by atoms with Crippen molar-refractivity contribution in [1.82, 2.24) is 19.9 Å². The van der Waals surface area contributed by atoms with Gasteiger partial charge in [-0.1, -0.05) is 60.5 Å². The Hall–Kier alpha value is -3.24. The molecule has 0 saturated heterocycles. The van der Waals surface area contributed by atoms with Crippen LogP contribution in [0.15, 0.2) is 72.7 Å². The van der Waals surface area contributed by atoms with E-state index >= 15 is 0 Å². The normalized spacial score (nSPS) is 14.0. The van der Waals surface area contributed by atoms with Crippen LogP contribution in [0.4, 0.5) is 0 Å². The van der Waals surface area contributed by atoms with E-state index in [0.29, 0.717) is 5.56 Å². The quantitative estimate of drug-likeness (QED) is 0.452. The van der Waals surface area contributed by atoms with E-state index in [-0.39, 0.29) is 22.5 Å². The molecular formula is C21H13ClN4. The molecule has 26 heavy (non-hydrogen) atoms. The standard InChI is InChI=1S/C21H13ClN4/c22-21-25-19(13-7-2-1-3-8-13)24-20(26-21)16-11-6-10-15-14-9-4-5-12-17(14)23-18(15)16/h1-12,23H/i1D,2D,3D,7D,8D. The minimum atomic E-state index is -0.484. The molecule has 5 aromatic rings. The molecule has 2 aromatic heterocycles. The third-order valence-corrected chi connectivity index (χ3v) is 4.28. The first-order valence-corrected chi connectivity index (χ1v) is 8.23. The molecule has 4 nitrogen and oxygen atoms in total. The molecule has 3 aromatic carbocycles. The topological polar surface area (TPSA) is 54.5 Å². The van der Waals surface area contributed by atoms with Crippen LogP contribution in [0.2, 0.25) is 5.28 Å². The zero-order chi connectivity index (χ0) is 21.9. The molecule has 0 aliphatic rings. The van der Waals surface area contributed by atoms with Gasteiger partial charge in [-0.2, -0.15) is 9.97 Å². The minimum absolute atomic E-state index is 0.0832. The smallest absolute Gasteiger partial charge is 0.226 e. The number of fused-ring (bicyclic) bond motifs is 3. The summed E-state index contributed by atoms with van der Waals surface area (Å²) in [6, 6.07) is 11.3. The summed E-state index contributed by atoms with van der Waals surface area (Å²) in [7, 11) is 0. The Labute approximate surface area is 161 Å². The highest BCUT2D eigenvalue weighted by Gasteiger charge is 2.14. The maximum Gasteiger partial charge on any atom is 0.226 e. The van der Waals surface area contributed by atoms with Crippen LogP contribution in [-0.2, 0) is 0 Å². The molecule has 0 aliphatic carbocycles. The first-order valence-electron chi connectivity index (χ1n) is 10.4. The molecule has 2 heterocycles. The largest absolute Gasteiger partial charge is 0.354 e. The van der Waals surface area contributed by atoms with Crippen molar-refractivity contribution in [3.05, 3.63) is 78.0 Å². The monoisotopic (exact) mass is 361 g/mol. The highest BCUT2D eigenvalue weighted by Crippen LogP contribution is 2.32. The lowest BCUT2D eigenvalue weighted by atomic mass is 10.1. The third kappa shape index (κ3) is 2.43. The molecule has 5 heteroatoms. The Kier molecular flexibility index (Phi) is 2.44. The summed E-state index contributed by atoms with van der Waals surface area (Å²) >= 11 is 6.17. The molecule has 0 fully saturated rings. The van der Waals surface area contributed by atoms with Gasteiger partial charge in [0, 0.05) is 27.4 Å². The van der Waals surface area contributed by atoms with E-state index in [1.807, 2.05) is 42.5 Å². The summed E-state index contributed by atoms with van der Waals surface area (Å²) in [4.78, 5) is 16.1. The van der Waals surface area contributed by atoms with Crippen molar-refractivity contribution in [3.8, 4) is 22.8 Å². The van der Waals surface area contributed by atoms with Gasteiger partial charge >= 0.3 is 0 Å². The van der Waals surface area contributed by atoms with Gasteiger partial charge in [0.2, 0.25) is 5.28 Å². The zero-order valence-electron chi connectivity index (χ0n) is 18.3. The van der Waals surface area contributed by atoms with Crippen molar-refractivity contribution >= 4 is 33.4 Å². The minimum Gasteiger partial charge on any atom is -0.354 e. The lowest BCUT2D eigenvalue weighted by Gasteiger charge is -2.06. The molecule has 0 unspecified atom stereocenters. The van der Waals surface area contributed by atoms with Crippen LogP contribution in [0.3, 0.4) is 0 Å². The van der Waals surface area contributed by atoms with Crippen molar-refractivity contribution in [2.75, 3.05) is 0 Å². The van der Waals surface area contributed by atoms with Crippen LogP contribution in [0.5, 0.6) is 0 Å². The highest BCUT2D eigenvalue weighted by atomic mass is 35.5. The second-order valence-electron chi connectivity index (χ2n) is 5.65. The summed E-state index contributed by atoms with van der Waals surface area (Å²) in [5.74, 6) is 0.152. The fourth-order valence-electron chi connectivity index (χ4n) is 3.00. The zero-order valence-corrected chi connectivity index (χ0v) is 14.0. The van der Waals surface area contributed by atoms with Gasteiger partial charge in [-0.25, -0.2) is 4.98 Å². The van der Waals surface area contributed by atoms with E-state index in [9.17, 15) is 0 Å². The number of rotatable bonds is 2. The molecule has 0 saturated carbocycles. The van der Waals surface area contributed by atoms with Gasteiger partial charge in [0.25, 0.3) is 0 Å². The Morgan fingerprint density at radius 2 is 1.58 bits per heavy atom. The van der Waals surface area contributed by atoms with Gasteiger partial charge in [0.15, 0.2) is 11.6 Å². The lowest BCUT2D eigenvalue weighted by Crippen LogP contribution is -1.97. The molecule has 1 N–H and O–H groups in total. The second-order valence-corrected chi connectivity index (χ2v) is 5.99.